The molecule has 0 atom stereocenters. The van der Waals surface area contributed by atoms with E-state index in [1.165, 1.54) is 32.7 Å². The zero-order valence-electron chi connectivity index (χ0n) is 12.2. The van der Waals surface area contributed by atoms with Crippen molar-refractivity contribution in [3.05, 3.63) is 63.6 Å². The maximum absolute atomic E-state index is 2.48. The molecule has 0 aliphatic heterocycles. The lowest BCUT2D eigenvalue weighted by Gasteiger charge is -2.29. The first-order valence-corrected chi connectivity index (χ1v) is 7.56. The first-order valence-electron chi connectivity index (χ1n) is 7.56. The molecule has 3 aliphatic rings. The van der Waals surface area contributed by atoms with Crippen LogP contribution in [0, 0.1) is 5.41 Å². The van der Waals surface area contributed by atoms with E-state index in [0.717, 1.165) is 19.3 Å². The van der Waals surface area contributed by atoms with Gasteiger partial charge in [-0.3, -0.25) is 0 Å². The molecule has 0 N–H and O–H groups in total. The Morgan fingerprint density at radius 2 is 1.90 bits per heavy atom. The van der Waals surface area contributed by atoms with E-state index < -0.39 is 0 Å². The van der Waals surface area contributed by atoms with Crippen molar-refractivity contribution in [2.75, 3.05) is 0 Å². The molecule has 1 aromatic rings. The van der Waals surface area contributed by atoms with Crippen molar-refractivity contribution in [2.45, 2.75) is 33.1 Å². The third-order valence-electron chi connectivity index (χ3n) is 4.67. The van der Waals surface area contributed by atoms with Gasteiger partial charge in [-0.25, -0.2) is 0 Å². The molecule has 0 saturated heterocycles. The van der Waals surface area contributed by atoms with Crippen LogP contribution in [-0.2, 0) is 6.42 Å². The van der Waals surface area contributed by atoms with Crippen LogP contribution in [0.25, 0.3) is 17.7 Å². The highest BCUT2D eigenvalue weighted by Crippen LogP contribution is 2.38. The number of rotatable bonds is 0. The SMILES string of the molecule is CC1(C)C=C2CC=c3c(ccc4c3=CC=CC4)C2=CC1. The maximum Gasteiger partial charge on any atom is -0.00849 e. The van der Waals surface area contributed by atoms with Crippen molar-refractivity contribution >= 4 is 17.7 Å². The molecule has 1 aromatic carbocycles. The van der Waals surface area contributed by atoms with Gasteiger partial charge in [-0.15, -0.1) is 0 Å². The van der Waals surface area contributed by atoms with E-state index in [1.54, 1.807) is 0 Å². The largest absolute Gasteiger partial charge is 0.0801 e. The molecule has 0 aromatic heterocycles. The van der Waals surface area contributed by atoms with Crippen LogP contribution in [-0.4, -0.2) is 0 Å². The highest BCUT2D eigenvalue weighted by Gasteiger charge is 2.24. The lowest BCUT2D eigenvalue weighted by Crippen LogP contribution is -2.35. The molecule has 0 unspecified atom stereocenters. The molecule has 20 heavy (non-hydrogen) atoms. The van der Waals surface area contributed by atoms with Crippen LogP contribution < -0.4 is 10.4 Å². The van der Waals surface area contributed by atoms with Gasteiger partial charge < -0.3 is 0 Å². The molecule has 0 spiro atoms. The lowest BCUT2D eigenvalue weighted by molar-refractivity contribution is 0.481. The molecule has 0 bridgehead atoms. The molecule has 0 heterocycles. The number of benzene rings is 1. The van der Waals surface area contributed by atoms with Gasteiger partial charge in [0, 0.05) is 0 Å². The smallest absolute Gasteiger partial charge is 0.00849 e. The van der Waals surface area contributed by atoms with E-state index in [1.807, 2.05) is 0 Å². The van der Waals surface area contributed by atoms with Gasteiger partial charge >= 0.3 is 0 Å². The summed E-state index contributed by atoms with van der Waals surface area (Å²) in [6.45, 7) is 4.66. The predicted octanol–water partition coefficient (Wildman–Crippen LogP) is 3.50. The van der Waals surface area contributed by atoms with Gasteiger partial charge in [-0.2, -0.15) is 0 Å². The fourth-order valence-electron chi connectivity index (χ4n) is 3.64. The average Bonchev–Trinajstić information content (AvgIpc) is 2.45. The quantitative estimate of drug-likeness (QED) is 0.669. The van der Waals surface area contributed by atoms with Crippen LogP contribution in [0.4, 0.5) is 0 Å². The summed E-state index contributed by atoms with van der Waals surface area (Å²) in [5, 5.41) is 2.89. The minimum atomic E-state index is 0.313. The second-order valence-corrected chi connectivity index (χ2v) is 6.79. The molecule has 100 valence electrons. The fourth-order valence-corrected chi connectivity index (χ4v) is 3.64. The first-order chi connectivity index (χ1) is 9.64. The van der Waals surface area contributed by atoms with Crippen molar-refractivity contribution in [1.82, 2.24) is 0 Å². The van der Waals surface area contributed by atoms with Gasteiger partial charge in [0.25, 0.3) is 0 Å². The zero-order chi connectivity index (χ0) is 13.7. The number of hydrogen-bond acceptors (Lipinski definition) is 0. The van der Waals surface area contributed by atoms with Gasteiger partial charge in [-0.05, 0) is 57.4 Å². The normalized spacial score (nSPS) is 21.5. The summed E-state index contributed by atoms with van der Waals surface area (Å²) in [5.74, 6) is 0. The van der Waals surface area contributed by atoms with Crippen molar-refractivity contribution < 1.29 is 0 Å². The van der Waals surface area contributed by atoms with E-state index >= 15 is 0 Å². The Balaban J connectivity index is 1.98. The molecule has 0 nitrogen and oxygen atoms in total. The maximum atomic E-state index is 2.48. The number of allylic oxidation sites excluding steroid dienone is 6. The fraction of sp³-hybridized carbons (Fsp3) is 0.300. The summed E-state index contributed by atoms with van der Waals surface area (Å²) in [4.78, 5) is 0. The molecule has 0 heteroatoms. The predicted molar refractivity (Wildman–Crippen MR) is 86.5 cm³/mol. The highest BCUT2D eigenvalue weighted by atomic mass is 14.3. The van der Waals surface area contributed by atoms with Crippen LogP contribution in [0.5, 0.6) is 0 Å². The third-order valence-corrected chi connectivity index (χ3v) is 4.67. The van der Waals surface area contributed by atoms with Crippen molar-refractivity contribution in [1.29, 1.82) is 0 Å². The molecule has 0 fully saturated rings. The number of hydrogen-bond donors (Lipinski definition) is 0. The monoisotopic (exact) mass is 260 g/mol. The zero-order valence-corrected chi connectivity index (χ0v) is 12.2. The second-order valence-electron chi connectivity index (χ2n) is 6.79. The van der Waals surface area contributed by atoms with E-state index in [4.69, 9.17) is 0 Å². The van der Waals surface area contributed by atoms with Crippen LogP contribution in [0.2, 0.25) is 0 Å². The van der Waals surface area contributed by atoms with Gasteiger partial charge in [0.15, 0.2) is 0 Å². The Hall–Kier alpha value is -1.82. The highest BCUT2D eigenvalue weighted by molar-refractivity contribution is 5.84. The third kappa shape index (κ3) is 1.75. The summed E-state index contributed by atoms with van der Waals surface area (Å²) >= 11 is 0. The minimum absolute atomic E-state index is 0.313. The van der Waals surface area contributed by atoms with Gasteiger partial charge in [-0.1, -0.05) is 62.4 Å². The molecule has 0 radical (unpaired) electrons. The Kier molecular flexibility index (Phi) is 2.44. The van der Waals surface area contributed by atoms with Gasteiger partial charge in [0.1, 0.15) is 0 Å². The minimum Gasteiger partial charge on any atom is -0.0801 e. The summed E-state index contributed by atoms with van der Waals surface area (Å²) in [6, 6.07) is 4.64. The topological polar surface area (TPSA) is 0 Å². The first kappa shape index (κ1) is 12.0. The van der Waals surface area contributed by atoms with Gasteiger partial charge in [0.05, 0.1) is 0 Å². The second kappa shape index (κ2) is 4.09. The molecule has 0 amide bonds. The van der Waals surface area contributed by atoms with Crippen LogP contribution in [0.3, 0.4) is 0 Å². The van der Waals surface area contributed by atoms with Crippen molar-refractivity contribution in [2.24, 2.45) is 5.41 Å². The van der Waals surface area contributed by atoms with Crippen LogP contribution in [0.15, 0.2) is 42.0 Å². The molecular weight excluding hydrogens is 240 g/mol. The summed E-state index contributed by atoms with van der Waals surface area (Å²) in [5.41, 5.74) is 6.20. The van der Waals surface area contributed by atoms with Crippen molar-refractivity contribution in [3.8, 4) is 0 Å². The molecular formula is C20H20. The summed E-state index contributed by atoms with van der Waals surface area (Å²) in [6.07, 6.45) is 17.4. The molecule has 3 aliphatic carbocycles. The van der Waals surface area contributed by atoms with E-state index in [0.29, 0.717) is 5.41 Å². The molecule has 4 rings (SSSR count). The molecule has 0 saturated carbocycles. The Labute approximate surface area is 120 Å². The standard InChI is InChI=1S/C20H20/c1-20(2)12-11-17-15(13-20)8-10-18-16-6-4-3-5-14(16)7-9-19(17)18/h3-4,6-7,9-11,13H,5,8,12H2,1-2H3. The van der Waals surface area contributed by atoms with E-state index in [2.05, 4.69) is 62.4 Å². The summed E-state index contributed by atoms with van der Waals surface area (Å²) in [7, 11) is 0. The average molecular weight is 260 g/mol. The van der Waals surface area contributed by atoms with Gasteiger partial charge in [0.2, 0.25) is 0 Å². The van der Waals surface area contributed by atoms with E-state index in [-0.39, 0.29) is 0 Å². The van der Waals surface area contributed by atoms with Crippen molar-refractivity contribution in [3.63, 3.8) is 0 Å². The Bertz CT molecular complexity index is 795. The van der Waals surface area contributed by atoms with E-state index in [9.17, 15) is 0 Å². The van der Waals surface area contributed by atoms with Crippen LogP contribution >= 0.6 is 0 Å². The number of fused-ring (bicyclic) bond motifs is 5. The summed E-state index contributed by atoms with van der Waals surface area (Å²) < 4.78 is 0. The van der Waals surface area contributed by atoms with Crippen LogP contribution in [0.1, 0.15) is 37.8 Å². The lowest BCUT2D eigenvalue weighted by atomic mass is 9.75. The Morgan fingerprint density at radius 3 is 2.80 bits per heavy atom. The Morgan fingerprint density at radius 1 is 1.00 bits per heavy atom.